The summed E-state index contributed by atoms with van der Waals surface area (Å²) in [6, 6.07) is 15.6. The highest BCUT2D eigenvalue weighted by Crippen LogP contribution is 2.22. The van der Waals surface area contributed by atoms with Gasteiger partial charge >= 0.3 is 0 Å². The predicted octanol–water partition coefficient (Wildman–Crippen LogP) is 3.09. The summed E-state index contributed by atoms with van der Waals surface area (Å²) in [4.78, 5) is 24.5. The smallest absolute Gasteiger partial charge is 0.271 e. The van der Waals surface area contributed by atoms with Crippen molar-refractivity contribution < 1.29 is 9.59 Å². The second-order valence-electron chi connectivity index (χ2n) is 5.43. The lowest BCUT2D eigenvalue weighted by Gasteiger charge is -2.12. The summed E-state index contributed by atoms with van der Waals surface area (Å²) in [5.41, 5.74) is 4.13. The number of carbonyl (C=O) groups is 2. The molecule has 2 aromatic carbocycles. The number of nitrogens with one attached hydrogen (secondary N) is 1. The summed E-state index contributed by atoms with van der Waals surface area (Å²) in [5, 5.41) is 10.0. The number of hydrogen-bond donors (Lipinski definition) is 1. The molecule has 25 heavy (non-hydrogen) atoms. The number of benzene rings is 2. The van der Waals surface area contributed by atoms with E-state index in [0.29, 0.717) is 22.0 Å². The van der Waals surface area contributed by atoms with Crippen LogP contribution in [-0.4, -0.2) is 23.7 Å². The highest BCUT2D eigenvalue weighted by molar-refractivity contribution is 6.30. The summed E-state index contributed by atoms with van der Waals surface area (Å²) >= 11 is 5.79. The maximum Gasteiger partial charge on any atom is 0.271 e. The fourth-order valence-electron chi connectivity index (χ4n) is 2.34. The van der Waals surface area contributed by atoms with Gasteiger partial charge < -0.3 is 0 Å². The normalized spacial score (nSPS) is 17.0. The van der Waals surface area contributed by atoms with Crippen molar-refractivity contribution in [2.24, 2.45) is 16.1 Å². The van der Waals surface area contributed by atoms with Crippen LogP contribution in [0.15, 0.2) is 64.8 Å². The Morgan fingerprint density at radius 2 is 1.88 bits per heavy atom. The van der Waals surface area contributed by atoms with Crippen molar-refractivity contribution in [2.75, 3.05) is 5.01 Å². The Bertz CT molecular complexity index is 847. The van der Waals surface area contributed by atoms with Crippen LogP contribution in [0.2, 0.25) is 5.02 Å². The summed E-state index contributed by atoms with van der Waals surface area (Å²) in [6.07, 6.45) is 1.39. The molecule has 2 amide bonds. The molecular formula is C18H15ClN4O2. The Hall–Kier alpha value is -2.99. The van der Waals surface area contributed by atoms with Gasteiger partial charge in [0.2, 0.25) is 0 Å². The summed E-state index contributed by atoms with van der Waals surface area (Å²) in [6.45, 7) is 1.75. The van der Waals surface area contributed by atoms with E-state index in [1.165, 1.54) is 11.2 Å². The molecule has 0 radical (unpaired) electrons. The highest BCUT2D eigenvalue weighted by atomic mass is 35.5. The number of para-hydroxylation sites is 1. The molecule has 1 heterocycles. The summed E-state index contributed by atoms with van der Waals surface area (Å²) in [5.74, 6) is -1.20. The first-order valence-electron chi connectivity index (χ1n) is 7.59. The third-order valence-corrected chi connectivity index (χ3v) is 3.93. The third kappa shape index (κ3) is 3.75. The van der Waals surface area contributed by atoms with Crippen LogP contribution in [0.25, 0.3) is 0 Å². The number of amides is 2. The highest BCUT2D eigenvalue weighted by Gasteiger charge is 2.33. The molecule has 0 aromatic heterocycles. The average Bonchev–Trinajstić information content (AvgIpc) is 2.91. The Kier molecular flexibility index (Phi) is 4.90. The zero-order valence-electron chi connectivity index (χ0n) is 13.4. The molecule has 7 heteroatoms. The monoisotopic (exact) mass is 354 g/mol. The van der Waals surface area contributed by atoms with Gasteiger partial charge in [-0.1, -0.05) is 29.8 Å². The second-order valence-corrected chi connectivity index (χ2v) is 5.87. The Morgan fingerprint density at radius 3 is 2.56 bits per heavy atom. The Labute approximate surface area is 149 Å². The number of anilines is 1. The van der Waals surface area contributed by atoms with Crippen molar-refractivity contribution >= 4 is 41.0 Å². The van der Waals surface area contributed by atoms with Crippen LogP contribution in [0.5, 0.6) is 0 Å². The third-order valence-electron chi connectivity index (χ3n) is 3.68. The number of rotatable bonds is 4. The molecule has 1 N–H and O–H groups in total. The maximum atomic E-state index is 12.5. The van der Waals surface area contributed by atoms with E-state index in [0.717, 1.165) is 0 Å². The van der Waals surface area contributed by atoms with Gasteiger partial charge in [0.05, 0.1) is 11.4 Å². The lowest BCUT2D eigenvalue weighted by molar-refractivity contribution is -0.118. The average molecular weight is 355 g/mol. The standard InChI is InChI=1S/C18H15ClN4O2/c1-12-16(18(25)23(22-12)15-5-3-2-4-6-15)11-20-21-17(24)13-7-9-14(19)10-8-13/h2-11,16H,1H3,(H,21,24)/b20-11-/t16-/m1/s1. The molecule has 3 rings (SSSR count). The van der Waals surface area contributed by atoms with Crippen molar-refractivity contribution in [3.8, 4) is 0 Å². The summed E-state index contributed by atoms with van der Waals surface area (Å²) < 4.78 is 0. The number of hydrazone groups is 2. The molecule has 1 atom stereocenters. The maximum absolute atomic E-state index is 12.5. The second kappa shape index (κ2) is 7.27. The molecule has 6 nitrogen and oxygen atoms in total. The number of nitrogens with zero attached hydrogens (tertiary/aromatic N) is 3. The van der Waals surface area contributed by atoms with E-state index in [1.807, 2.05) is 18.2 Å². The molecule has 1 aliphatic heterocycles. The van der Waals surface area contributed by atoms with E-state index in [2.05, 4.69) is 15.6 Å². The van der Waals surface area contributed by atoms with Crippen molar-refractivity contribution in [1.82, 2.24) is 5.43 Å². The van der Waals surface area contributed by atoms with Crippen LogP contribution < -0.4 is 10.4 Å². The lowest BCUT2D eigenvalue weighted by atomic mass is 10.1. The van der Waals surface area contributed by atoms with Crippen molar-refractivity contribution in [3.63, 3.8) is 0 Å². The molecule has 126 valence electrons. The van der Waals surface area contributed by atoms with Crippen molar-refractivity contribution in [3.05, 3.63) is 65.2 Å². The van der Waals surface area contributed by atoms with Gasteiger partial charge in [-0.2, -0.15) is 15.2 Å². The summed E-state index contributed by atoms with van der Waals surface area (Å²) in [7, 11) is 0. The molecule has 0 bridgehead atoms. The van der Waals surface area contributed by atoms with Gasteiger partial charge in [-0.25, -0.2) is 5.43 Å². The van der Waals surface area contributed by atoms with Gasteiger partial charge in [-0.15, -0.1) is 0 Å². The fraction of sp³-hybridized carbons (Fsp3) is 0.111. The van der Waals surface area contributed by atoms with Crippen LogP contribution in [-0.2, 0) is 4.79 Å². The van der Waals surface area contributed by atoms with E-state index in [-0.39, 0.29) is 11.8 Å². The van der Waals surface area contributed by atoms with E-state index in [9.17, 15) is 9.59 Å². The quantitative estimate of drug-likeness (QED) is 0.676. The van der Waals surface area contributed by atoms with E-state index in [4.69, 9.17) is 11.6 Å². The minimum absolute atomic E-state index is 0.215. The van der Waals surface area contributed by atoms with Crippen LogP contribution >= 0.6 is 11.6 Å². The van der Waals surface area contributed by atoms with Crippen LogP contribution in [0.3, 0.4) is 0 Å². The van der Waals surface area contributed by atoms with Crippen molar-refractivity contribution in [1.29, 1.82) is 0 Å². The number of carbonyl (C=O) groups excluding carboxylic acids is 2. The molecule has 0 saturated heterocycles. The van der Waals surface area contributed by atoms with Gasteiger partial charge in [0, 0.05) is 16.8 Å². The fourth-order valence-corrected chi connectivity index (χ4v) is 2.47. The molecule has 0 aliphatic carbocycles. The van der Waals surface area contributed by atoms with E-state index < -0.39 is 5.92 Å². The zero-order chi connectivity index (χ0) is 17.8. The first-order valence-corrected chi connectivity index (χ1v) is 7.97. The topological polar surface area (TPSA) is 74.1 Å². The minimum atomic E-state index is -0.606. The molecule has 0 unspecified atom stereocenters. The van der Waals surface area contributed by atoms with Crippen molar-refractivity contribution in [2.45, 2.75) is 6.92 Å². The molecular weight excluding hydrogens is 340 g/mol. The number of hydrogen-bond acceptors (Lipinski definition) is 4. The van der Waals surface area contributed by atoms with Gasteiger partial charge in [0.15, 0.2) is 0 Å². The van der Waals surface area contributed by atoms with Gasteiger partial charge in [-0.05, 0) is 43.3 Å². The molecule has 0 fully saturated rings. The van der Waals surface area contributed by atoms with Crippen LogP contribution in [0.1, 0.15) is 17.3 Å². The van der Waals surface area contributed by atoms with Gasteiger partial charge in [0.1, 0.15) is 5.92 Å². The molecule has 2 aromatic rings. The predicted molar refractivity (Wildman–Crippen MR) is 97.9 cm³/mol. The molecule has 0 spiro atoms. The van der Waals surface area contributed by atoms with E-state index >= 15 is 0 Å². The van der Waals surface area contributed by atoms with Gasteiger partial charge in [0.25, 0.3) is 11.8 Å². The first kappa shape index (κ1) is 16.9. The van der Waals surface area contributed by atoms with Crippen LogP contribution in [0.4, 0.5) is 5.69 Å². The van der Waals surface area contributed by atoms with Gasteiger partial charge in [-0.3, -0.25) is 9.59 Å². The molecule has 1 aliphatic rings. The minimum Gasteiger partial charge on any atom is -0.271 e. The first-order chi connectivity index (χ1) is 12.1. The molecule has 0 saturated carbocycles. The Morgan fingerprint density at radius 1 is 1.20 bits per heavy atom. The Balaban J connectivity index is 1.66. The van der Waals surface area contributed by atoms with Crippen LogP contribution in [0, 0.1) is 5.92 Å². The van der Waals surface area contributed by atoms with E-state index in [1.54, 1.807) is 43.3 Å². The largest absolute Gasteiger partial charge is 0.271 e. The zero-order valence-corrected chi connectivity index (χ0v) is 14.1. The number of halogens is 1. The lowest BCUT2D eigenvalue weighted by Crippen LogP contribution is -2.29. The SMILES string of the molecule is CC1=NN(c2ccccc2)C(=O)[C@@H]1/C=N\NC(=O)c1ccc(Cl)cc1.